The lowest BCUT2D eigenvalue weighted by Crippen LogP contribution is -2.58. The van der Waals surface area contributed by atoms with Crippen LogP contribution in [0.2, 0.25) is 0 Å². The number of carbonyl (C=O) groups excluding carboxylic acids is 1. The second kappa shape index (κ2) is 7.26. The number of carbonyl (C=O) groups is 1. The van der Waals surface area contributed by atoms with Gasteiger partial charge in [-0.05, 0) is 25.3 Å². The van der Waals surface area contributed by atoms with Gasteiger partial charge in [0.15, 0.2) is 0 Å². The van der Waals surface area contributed by atoms with Crippen LogP contribution >= 0.6 is 0 Å². The van der Waals surface area contributed by atoms with Crippen LogP contribution in [0, 0.1) is 0 Å². The second-order valence-electron chi connectivity index (χ2n) is 5.15. The molecule has 4 heteroatoms. The summed E-state index contributed by atoms with van der Waals surface area (Å²) in [4.78, 5) is 11.9. The highest BCUT2D eigenvalue weighted by Gasteiger charge is 2.22. The quantitative estimate of drug-likeness (QED) is 0.683. The summed E-state index contributed by atoms with van der Waals surface area (Å²) in [6.45, 7) is 4.41. The Hall–Kier alpha value is -1.39. The molecule has 1 saturated heterocycles. The molecule has 0 bridgehead atoms. The van der Waals surface area contributed by atoms with Gasteiger partial charge in [0.1, 0.15) is 0 Å². The summed E-state index contributed by atoms with van der Waals surface area (Å²) in [6.07, 6.45) is 1.99. The summed E-state index contributed by atoms with van der Waals surface area (Å²) >= 11 is 0. The van der Waals surface area contributed by atoms with E-state index in [2.05, 4.69) is 35.0 Å². The van der Waals surface area contributed by atoms with E-state index in [0.29, 0.717) is 12.6 Å². The largest absolute Gasteiger partial charge is 0.355 e. The number of benzene rings is 1. The first-order valence-corrected chi connectivity index (χ1v) is 7.04. The number of amides is 1. The SMILES string of the molecule is CC1CNC(C(=O)NCCCc2ccccc2)CN1. The van der Waals surface area contributed by atoms with Crippen molar-refractivity contribution in [1.29, 1.82) is 0 Å². The van der Waals surface area contributed by atoms with Gasteiger partial charge in [-0.3, -0.25) is 4.79 Å². The summed E-state index contributed by atoms with van der Waals surface area (Å²) in [7, 11) is 0. The molecule has 104 valence electrons. The Kier molecular flexibility index (Phi) is 5.36. The normalized spacial score (nSPS) is 23.0. The molecule has 1 aliphatic heterocycles. The molecule has 1 aromatic carbocycles. The van der Waals surface area contributed by atoms with Gasteiger partial charge in [-0.15, -0.1) is 0 Å². The van der Waals surface area contributed by atoms with Crippen molar-refractivity contribution in [2.75, 3.05) is 19.6 Å². The van der Waals surface area contributed by atoms with E-state index in [-0.39, 0.29) is 11.9 Å². The summed E-state index contributed by atoms with van der Waals surface area (Å²) in [5.41, 5.74) is 1.32. The van der Waals surface area contributed by atoms with E-state index in [4.69, 9.17) is 0 Å². The zero-order valence-corrected chi connectivity index (χ0v) is 11.5. The van der Waals surface area contributed by atoms with Crippen molar-refractivity contribution in [3.05, 3.63) is 35.9 Å². The molecule has 2 rings (SSSR count). The maximum atomic E-state index is 11.9. The lowest BCUT2D eigenvalue weighted by molar-refractivity contribution is -0.123. The standard InChI is InChI=1S/C15H23N3O/c1-12-10-18-14(11-17-12)15(19)16-9-5-8-13-6-3-2-4-7-13/h2-4,6-7,12,14,17-18H,5,8-11H2,1H3,(H,16,19). The maximum absolute atomic E-state index is 11.9. The predicted molar refractivity (Wildman–Crippen MR) is 77.0 cm³/mol. The van der Waals surface area contributed by atoms with Crippen LogP contribution in [0.25, 0.3) is 0 Å². The molecule has 2 atom stereocenters. The number of piperazine rings is 1. The maximum Gasteiger partial charge on any atom is 0.238 e. The van der Waals surface area contributed by atoms with Gasteiger partial charge in [0.25, 0.3) is 0 Å². The van der Waals surface area contributed by atoms with E-state index < -0.39 is 0 Å². The average Bonchev–Trinajstić information content (AvgIpc) is 2.45. The molecule has 3 N–H and O–H groups in total. The molecule has 0 radical (unpaired) electrons. The molecule has 4 nitrogen and oxygen atoms in total. The third-order valence-corrected chi connectivity index (χ3v) is 3.44. The third-order valence-electron chi connectivity index (χ3n) is 3.44. The summed E-state index contributed by atoms with van der Waals surface area (Å²) in [6, 6.07) is 10.7. The minimum absolute atomic E-state index is 0.0899. The van der Waals surface area contributed by atoms with Crippen LogP contribution in [0.15, 0.2) is 30.3 Å². The molecule has 1 aliphatic rings. The highest BCUT2D eigenvalue weighted by molar-refractivity contribution is 5.82. The monoisotopic (exact) mass is 261 g/mol. The molecule has 2 unspecified atom stereocenters. The fourth-order valence-electron chi connectivity index (χ4n) is 2.24. The minimum atomic E-state index is -0.0899. The zero-order valence-electron chi connectivity index (χ0n) is 11.5. The Morgan fingerprint density at radius 2 is 2.05 bits per heavy atom. The molecule has 1 fully saturated rings. The van der Waals surface area contributed by atoms with E-state index >= 15 is 0 Å². The fraction of sp³-hybridized carbons (Fsp3) is 0.533. The Bertz CT molecular complexity index is 386. The zero-order chi connectivity index (χ0) is 13.5. The van der Waals surface area contributed by atoms with Gasteiger partial charge in [-0.2, -0.15) is 0 Å². The van der Waals surface area contributed by atoms with Gasteiger partial charge in [-0.25, -0.2) is 0 Å². The third kappa shape index (κ3) is 4.65. The molecule has 0 saturated carbocycles. The number of hydrogen-bond acceptors (Lipinski definition) is 3. The molecule has 1 amide bonds. The smallest absolute Gasteiger partial charge is 0.238 e. The number of nitrogens with one attached hydrogen (secondary N) is 3. The van der Waals surface area contributed by atoms with Crippen molar-refractivity contribution in [1.82, 2.24) is 16.0 Å². The van der Waals surface area contributed by atoms with E-state index in [1.54, 1.807) is 0 Å². The van der Waals surface area contributed by atoms with Crippen molar-refractivity contribution in [2.24, 2.45) is 0 Å². The summed E-state index contributed by atoms with van der Waals surface area (Å²) < 4.78 is 0. The summed E-state index contributed by atoms with van der Waals surface area (Å²) in [5, 5.41) is 9.55. The Balaban J connectivity index is 1.61. The van der Waals surface area contributed by atoms with Crippen LogP contribution in [0.1, 0.15) is 18.9 Å². The second-order valence-corrected chi connectivity index (χ2v) is 5.15. The molecule has 1 aromatic rings. The average molecular weight is 261 g/mol. The molecular formula is C15H23N3O. The van der Waals surface area contributed by atoms with Crippen molar-refractivity contribution in [2.45, 2.75) is 31.8 Å². The molecule has 1 heterocycles. The lowest BCUT2D eigenvalue weighted by atomic mass is 10.1. The molecule has 0 aromatic heterocycles. The van der Waals surface area contributed by atoms with Gasteiger partial charge in [0.05, 0.1) is 6.04 Å². The molecular weight excluding hydrogens is 238 g/mol. The molecule has 19 heavy (non-hydrogen) atoms. The van der Waals surface area contributed by atoms with Gasteiger partial charge in [-0.1, -0.05) is 30.3 Å². The van der Waals surface area contributed by atoms with Gasteiger partial charge in [0.2, 0.25) is 5.91 Å². The fourth-order valence-corrected chi connectivity index (χ4v) is 2.24. The molecule has 0 spiro atoms. The lowest BCUT2D eigenvalue weighted by Gasteiger charge is -2.28. The first-order valence-electron chi connectivity index (χ1n) is 7.04. The van der Waals surface area contributed by atoms with Crippen LogP contribution in [0.5, 0.6) is 0 Å². The van der Waals surface area contributed by atoms with E-state index in [1.165, 1.54) is 5.56 Å². The van der Waals surface area contributed by atoms with E-state index in [0.717, 1.165) is 25.9 Å². The minimum Gasteiger partial charge on any atom is -0.355 e. The highest BCUT2D eigenvalue weighted by Crippen LogP contribution is 2.01. The Morgan fingerprint density at radius 3 is 2.74 bits per heavy atom. The number of rotatable bonds is 5. The number of hydrogen-bond donors (Lipinski definition) is 3. The predicted octanol–water partition coefficient (Wildman–Crippen LogP) is 0.685. The van der Waals surface area contributed by atoms with Crippen LogP contribution in [-0.2, 0) is 11.2 Å². The van der Waals surface area contributed by atoms with Gasteiger partial charge < -0.3 is 16.0 Å². The van der Waals surface area contributed by atoms with Crippen LogP contribution in [0.3, 0.4) is 0 Å². The summed E-state index contributed by atoms with van der Waals surface area (Å²) in [5.74, 6) is 0.104. The number of aryl methyl sites for hydroxylation is 1. The van der Waals surface area contributed by atoms with Gasteiger partial charge >= 0.3 is 0 Å². The first kappa shape index (κ1) is 14.0. The Morgan fingerprint density at radius 1 is 1.26 bits per heavy atom. The van der Waals surface area contributed by atoms with Crippen molar-refractivity contribution >= 4 is 5.91 Å². The van der Waals surface area contributed by atoms with E-state index in [1.807, 2.05) is 18.2 Å². The van der Waals surface area contributed by atoms with Crippen molar-refractivity contribution in [3.63, 3.8) is 0 Å². The van der Waals surface area contributed by atoms with Gasteiger partial charge in [0, 0.05) is 25.7 Å². The van der Waals surface area contributed by atoms with Crippen LogP contribution < -0.4 is 16.0 Å². The van der Waals surface area contributed by atoms with Crippen LogP contribution in [-0.4, -0.2) is 37.6 Å². The topological polar surface area (TPSA) is 53.2 Å². The van der Waals surface area contributed by atoms with E-state index in [9.17, 15) is 4.79 Å². The van der Waals surface area contributed by atoms with Crippen molar-refractivity contribution < 1.29 is 4.79 Å². The molecule has 0 aliphatic carbocycles. The van der Waals surface area contributed by atoms with Crippen LogP contribution in [0.4, 0.5) is 0 Å². The highest BCUT2D eigenvalue weighted by atomic mass is 16.2. The van der Waals surface area contributed by atoms with Crippen molar-refractivity contribution in [3.8, 4) is 0 Å². The first-order chi connectivity index (χ1) is 9.25. The Labute approximate surface area is 115 Å².